The molecule has 0 aliphatic rings. The molecule has 5 heteroatoms. The van der Waals surface area contributed by atoms with Crippen molar-refractivity contribution >= 4 is 5.97 Å². The molecule has 0 spiro atoms. The van der Waals surface area contributed by atoms with E-state index in [1.807, 2.05) is 19.9 Å². The van der Waals surface area contributed by atoms with Crippen LogP contribution in [0.2, 0.25) is 0 Å². The van der Waals surface area contributed by atoms with Crippen molar-refractivity contribution in [2.24, 2.45) is 0 Å². The first-order chi connectivity index (χ1) is 9.40. The van der Waals surface area contributed by atoms with Crippen molar-refractivity contribution in [3.05, 3.63) is 62.8 Å². The Morgan fingerprint density at radius 1 is 1.30 bits per heavy atom. The Bertz CT molecular complexity index is 732. The van der Waals surface area contributed by atoms with Crippen LogP contribution in [0.4, 0.5) is 0 Å². The summed E-state index contributed by atoms with van der Waals surface area (Å²) in [6.07, 6.45) is 3.33. The molecule has 5 nitrogen and oxygen atoms in total. The topological polar surface area (TPSA) is 72.2 Å². The van der Waals surface area contributed by atoms with Gasteiger partial charge in [0.1, 0.15) is 5.56 Å². The standard InChI is InChI=1S/C15H16N2O3/c1-9-4-5-17(14(18)13(9)15(19)20)8-12-7-16-11(3)6-10(12)2/h4-7H,8H2,1-3H3,(H,19,20). The average molecular weight is 272 g/mol. The quantitative estimate of drug-likeness (QED) is 0.926. The van der Waals surface area contributed by atoms with Crippen LogP contribution >= 0.6 is 0 Å². The van der Waals surface area contributed by atoms with Gasteiger partial charge >= 0.3 is 5.97 Å². The van der Waals surface area contributed by atoms with Crippen LogP contribution in [-0.4, -0.2) is 20.6 Å². The van der Waals surface area contributed by atoms with Crippen molar-refractivity contribution in [1.29, 1.82) is 0 Å². The summed E-state index contributed by atoms with van der Waals surface area (Å²) < 4.78 is 1.40. The van der Waals surface area contributed by atoms with Crippen LogP contribution in [0, 0.1) is 20.8 Å². The van der Waals surface area contributed by atoms with Crippen LogP contribution in [0.3, 0.4) is 0 Å². The number of pyridine rings is 2. The van der Waals surface area contributed by atoms with Crippen LogP contribution < -0.4 is 5.56 Å². The molecule has 0 saturated carbocycles. The second kappa shape index (κ2) is 5.28. The largest absolute Gasteiger partial charge is 0.477 e. The third kappa shape index (κ3) is 2.61. The maximum atomic E-state index is 12.2. The third-order valence-electron chi connectivity index (χ3n) is 3.28. The summed E-state index contributed by atoms with van der Waals surface area (Å²) in [6, 6.07) is 3.58. The maximum Gasteiger partial charge on any atom is 0.341 e. The highest BCUT2D eigenvalue weighted by molar-refractivity contribution is 5.88. The van der Waals surface area contributed by atoms with E-state index in [4.69, 9.17) is 5.11 Å². The highest BCUT2D eigenvalue weighted by Crippen LogP contribution is 2.10. The summed E-state index contributed by atoms with van der Waals surface area (Å²) >= 11 is 0. The van der Waals surface area contributed by atoms with Gasteiger partial charge in [-0.25, -0.2) is 4.79 Å². The lowest BCUT2D eigenvalue weighted by atomic mass is 10.1. The lowest BCUT2D eigenvalue weighted by Gasteiger charge is -2.10. The number of aromatic carboxylic acids is 1. The number of nitrogens with zero attached hydrogens (tertiary/aromatic N) is 2. The zero-order valence-corrected chi connectivity index (χ0v) is 11.7. The summed E-state index contributed by atoms with van der Waals surface area (Å²) in [5.41, 5.74) is 2.65. The third-order valence-corrected chi connectivity index (χ3v) is 3.28. The maximum absolute atomic E-state index is 12.2. The minimum Gasteiger partial charge on any atom is -0.477 e. The molecule has 2 aromatic rings. The van der Waals surface area contributed by atoms with Crippen LogP contribution in [-0.2, 0) is 6.54 Å². The monoisotopic (exact) mass is 272 g/mol. The fourth-order valence-electron chi connectivity index (χ4n) is 2.12. The van der Waals surface area contributed by atoms with E-state index >= 15 is 0 Å². The predicted molar refractivity (Wildman–Crippen MR) is 75.2 cm³/mol. The van der Waals surface area contributed by atoms with Crippen molar-refractivity contribution in [3.63, 3.8) is 0 Å². The number of rotatable bonds is 3. The highest BCUT2D eigenvalue weighted by Gasteiger charge is 2.14. The molecule has 0 bridgehead atoms. The van der Waals surface area contributed by atoms with E-state index < -0.39 is 11.5 Å². The van der Waals surface area contributed by atoms with Crippen molar-refractivity contribution in [3.8, 4) is 0 Å². The molecular weight excluding hydrogens is 256 g/mol. The minimum atomic E-state index is -1.19. The Balaban J connectivity index is 2.47. The van der Waals surface area contributed by atoms with Crippen LogP contribution in [0.15, 0.2) is 29.3 Å². The van der Waals surface area contributed by atoms with Crippen molar-refractivity contribution in [2.75, 3.05) is 0 Å². The molecule has 0 radical (unpaired) electrons. The fourth-order valence-corrected chi connectivity index (χ4v) is 2.12. The molecule has 0 fully saturated rings. The summed E-state index contributed by atoms with van der Waals surface area (Å²) in [6.45, 7) is 5.78. The Kier molecular flexibility index (Phi) is 3.70. The molecule has 104 valence electrons. The van der Waals surface area contributed by atoms with E-state index in [0.717, 1.165) is 16.8 Å². The summed E-state index contributed by atoms with van der Waals surface area (Å²) in [7, 11) is 0. The molecule has 2 rings (SSSR count). The first-order valence-electron chi connectivity index (χ1n) is 6.25. The molecule has 0 unspecified atom stereocenters. The summed E-state index contributed by atoms with van der Waals surface area (Å²) in [4.78, 5) is 27.5. The number of hydrogen-bond donors (Lipinski definition) is 1. The zero-order valence-electron chi connectivity index (χ0n) is 11.7. The van der Waals surface area contributed by atoms with Gasteiger partial charge in [0.2, 0.25) is 0 Å². The van der Waals surface area contributed by atoms with Crippen molar-refractivity contribution in [1.82, 2.24) is 9.55 Å². The van der Waals surface area contributed by atoms with Gasteiger partial charge in [-0.2, -0.15) is 0 Å². The normalized spacial score (nSPS) is 10.6. The first-order valence-corrected chi connectivity index (χ1v) is 6.25. The Morgan fingerprint density at radius 2 is 2.00 bits per heavy atom. The molecule has 0 aliphatic carbocycles. The SMILES string of the molecule is Cc1cc(C)c(Cn2ccc(C)c(C(=O)O)c2=O)cn1. The fraction of sp³-hybridized carbons (Fsp3) is 0.267. The smallest absolute Gasteiger partial charge is 0.341 e. The molecule has 2 aromatic heterocycles. The summed E-state index contributed by atoms with van der Waals surface area (Å²) in [5.74, 6) is -1.19. The van der Waals surface area contributed by atoms with Gasteiger partial charge < -0.3 is 9.67 Å². The van der Waals surface area contributed by atoms with E-state index in [1.54, 1.807) is 25.4 Å². The molecule has 0 saturated heterocycles. The Hall–Kier alpha value is -2.43. The molecule has 2 heterocycles. The molecule has 0 aromatic carbocycles. The van der Waals surface area contributed by atoms with E-state index in [-0.39, 0.29) is 5.56 Å². The van der Waals surface area contributed by atoms with Crippen molar-refractivity contribution < 1.29 is 9.90 Å². The average Bonchev–Trinajstić information content (AvgIpc) is 2.35. The van der Waals surface area contributed by atoms with Crippen LogP contribution in [0.25, 0.3) is 0 Å². The number of carboxylic acid groups (broad SMARTS) is 1. The molecule has 0 amide bonds. The second-order valence-corrected chi connectivity index (χ2v) is 4.86. The zero-order chi connectivity index (χ0) is 14.9. The van der Waals surface area contributed by atoms with Gasteiger partial charge in [0.05, 0.1) is 6.54 Å². The van der Waals surface area contributed by atoms with Crippen molar-refractivity contribution in [2.45, 2.75) is 27.3 Å². The van der Waals surface area contributed by atoms with Crippen LogP contribution in [0.1, 0.15) is 32.7 Å². The number of aromatic nitrogens is 2. The molecule has 20 heavy (non-hydrogen) atoms. The predicted octanol–water partition coefficient (Wildman–Crippen LogP) is 1.92. The van der Waals surface area contributed by atoms with E-state index in [0.29, 0.717) is 12.1 Å². The van der Waals surface area contributed by atoms with Gasteiger partial charge in [-0.3, -0.25) is 9.78 Å². The van der Waals surface area contributed by atoms with Crippen LogP contribution in [0.5, 0.6) is 0 Å². The van der Waals surface area contributed by atoms with Gasteiger partial charge in [0.25, 0.3) is 5.56 Å². The summed E-state index contributed by atoms with van der Waals surface area (Å²) in [5, 5.41) is 9.10. The van der Waals surface area contributed by atoms with E-state index in [1.165, 1.54) is 4.57 Å². The highest BCUT2D eigenvalue weighted by atomic mass is 16.4. The lowest BCUT2D eigenvalue weighted by molar-refractivity contribution is 0.0693. The molecular formula is C15H16N2O3. The second-order valence-electron chi connectivity index (χ2n) is 4.86. The molecule has 0 atom stereocenters. The number of aryl methyl sites for hydroxylation is 3. The number of hydrogen-bond acceptors (Lipinski definition) is 3. The van der Waals surface area contributed by atoms with Gasteiger partial charge in [-0.1, -0.05) is 0 Å². The Morgan fingerprint density at radius 3 is 2.60 bits per heavy atom. The van der Waals surface area contributed by atoms with Gasteiger partial charge in [-0.15, -0.1) is 0 Å². The van der Waals surface area contributed by atoms with E-state index in [9.17, 15) is 9.59 Å². The minimum absolute atomic E-state index is 0.176. The first kappa shape index (κ1) is 14.0. The Labute approximate surface area is 116 Å². The number of carbonyl (C=O) groups is 1. The lowest BCUT2D eigenvalue weighted by Crippen LogP contribution is -2.27. The van der Waals surface area contributed by atoms with Gasteiger partial charge in [0.15, 0.2) is 0 Å². The van der Waals surface area contributed by atoms with Gasteiger partial charge in [-0.05, 0) is 49.6 Å². The molecule has 0 aliphatic heterocycles. The molecule has 1 N–H and O–H groups in total. The van der Waals surface area contributed by atoms with Gasteiger partial charge in [0, 0.05) is 18.1 Å². The van der Waals surface area contributed by atoms with E-state index in [2.05, 4.69) is 4.98 Å². The number of carboxylic acids is 1.